The van der Waals surface area contributed by atoms with Crippen molar-refractivity contribution >= 4 is 11.7 Å². The summed E-state index contributed by atoms with van der Waals surface area (Å²) in [5, 5.41) is 10.5. The van der Waals surface area contributed by atoms with Gasteiger partial charge in [0.15, 0.2) is 0 Å². The highest BCUT2D eigenvalue weighted by Crippen LogP contribution is 2.18. The highest BCUT2D eigenvalue weighted by Gasteiger charge is 2.18. The normalized spacial score (nSPS) is 11.9. The summed E-state index contributed by atoms with van der Waals surface area (Å²) in [4.78, 5) is 21.6. The van der Waals surface area contributed by atoms with Gasteiger partial charge < -0.3 is 4.74 Å². The van der Waals surface area contributed by atoms with E-state index in [1.807, 2.05) is 6.92 Å². The molecule has 0 aliphatic heterocycles. The molecule has 98 valence electrons. The lowest BCUT2D eigenvalue weighted by Crippen LogP contribution is -2.18. The number of hydrogen-bond acceptors (Lipinski definition) is 4. The van der Waals surface area contributed by atoms with Crippen molar-refractivity contribution < 1.29 is 14.5 Å². The molecule has 0 aliphatic rings. The first-order chi connectivity index (χ1) is 8.58. The molecule has 0 radical (unpaired) electrons. The van der Waals surface area contributed by atoms with Gasteiger partial charge in [-0.25, -0.2) is 0 Å². The van der Waals surface area contributed by atoms with E-state index >= 15 is 0 Å². The van der Waals surface area contributed by atoms with Crippen LogP contribution in [0.1, 0.15) is 25.3 Å². The fourth-order valence-electron chi connectivity index (χ4n) is 1.86. The SMILES string of the molecule is CCCC(Cc1ccc([N+](=O)[O-])cc1)C(=O)OC. The minimum atomic E-state index is -0.437. The summed E-state index contributed by atoms with van der Waals surface area (Å²) in [6.45, 7) is 2.01. The Hall–Kier alpha value is -1.91. The molecule has 0 amide bonds. The molecule has 0 saturated carbocycles. The van der Waals surface area contributed by atoms with Gasteiger partial charge in [0.1, 0.15) is 0 Å². The maximum Gasteiger partial charge on any atom is 0.308 e. The number of nitro groups is 1. The van der Waals surface area contributed by atoms with E-state index in [1.165, 1.54) is 19.2 Å². The average Bonchev–Trinajstić information content (AvgIpc) is 2.38. The third-order valence-electron chi connectivity index (χ3n) is 2.80. The quantitative estimate of drug-likeness (QED) is 0.443. The molecule has 0 aliphatic carbocycles. The number of benzene rings is 1. The Morgan fingerprint density at radius 3 is 2.44 bits per heavy atom. The van der Waals surface area contributed by atoms with Crippen LogP contribution in [0.5, 0.6) is 0 Å². The summed E-state index contributed by atoms with van der Waals surface area (Å²) < 4.78 is 4.75. The Morgan fingerprint density at radius 2 is 2.00 bits per heavy atom. The molecular formula is C13H17NO4. The van der Waals surface area contributed by atoms with Crippen molar-refractivity contribution in [3.05, 3.63) is 39.9 Å². The van der Waals surface area contributed by atoms with E-state index in [0.29, 0.717) is 6.42 Å². The average molecular weight is 251 g/mol. The van der Waals surface area contributed by atoms with Gasteiger partial charge in [-0.05, 0) is 18.4 Å². The van der Waals surface area contributed by atoms with Gasteiger partial charge in [0.25, 0.3) is 5.69 Å². The number of carbonyl (C=O) groups excluding carboxylic acids is 1. The number of methoxy groups -OCH3 is 1. The first-order valence-electron chi connectivity index (χ1n) is 5.89. The van der Waals surface area contributed by atoms with E-state index in [9.17, 15) is 14.9 Å². The number of rotatable bonds is 6. The van der Waals surface area contributed by atoms with Gasteiger partial charge in [0.2, 0.25) is 0 Å². The van der Waals surface area contributed by atoms with Crippen LogP contribution < -0.4 is 0 Å². The number of hydrogen-bond donors (Lipinski definition) is 0. The summed E-state index contributed by atoms with van der Waals surface area (Å²) in [7, 11) is 1.38. The molecule has 0 spiro atoms. The number of ether oxygens (including phenoxy) is 1. The number of nitro benzene ring substituents is 1. The summed E-state index contributed by atoms with van der Waals surface area (Å²) in [6.07, 6.45) is 2.20. The van der Waals surface area contributed by atoms with Crippen LogP contribution in [0.15, 0.2) is 24.3 Å². The summed E-state index contributed by atoms with van der Waals surface area (Å²) >= 11 is 0. The Balaban J connectivity index is 2.74. The number of non-ortho nitro benzene ring substituents is 1. The Kier molecular flexibility index (Phi) is 5.30. The van der Waals surface area contributed by atoms with Crippen LogP contribution in [-0.4, -0.2) is 18.0 Å². The van der Waals surface area contributed by atoms with Crippen molar-refractivity contribution in [3.63, 3.8) is 0 Å². The van der Waals surface area contributed by atoms with Crippen molar-refractivity contribution in [2.24, 2.45) is 5.92 Å². The van der Waals surface area contributed by atoms with Crippen molar-refractivity contribution in [2.45, 2.75) is 26.2 Å². The minimum absolute atomic E-state index is 0.0591. The van der Waals surface area contributed by atoms with E-state index < -0.39 is 4.92 Å². The predicted molar refractivity (Wildman–Crippen MR) is 67.2 cm³/mol. The Bertz CT molecular complexity index is 414. The monoisotopic (exact) mass is 251 g/mol. The predicted octanol–water partition coefficient (Wildman–Crippen LogP) is 2.73. The Labute approximate surface area is 106 Å². The van der Waals surface area contributed by atoms with Gasteiger partial charge in [-0.1, -0.05) is 25.5 Å². The van der Waals surface area contributed by atoms with Gasteiger partial charge in [-0.15, -0.1) is 0 Å². The van der Waals surface area contributed by atoms with Crippen molar-refractivity contribution in [1.82, 2.24) is 0 Å². The molecule has 0 saturated heterocycles. The number of nitrogens with zero attached hydrogens (tertiary/aromatic N) is 1. The summed E-state index contributed by atoms with van der Waals surface area (Å²) in [5.41, 5.74) is 0.966. The molecule has 5 heteroatoms. The molecule has 0 aromatic heterocycles. The van der Waals surface area contributed by atoms with Crippen LogP contribution in [0.4, 0.5) is 5.69 Å². The fourth-order valence-corrected chi connectivity index (χ4v) is 1.86. The van der Waals surface area contributed by atoms with Crippen LogP contribution in [-0.2, 0) is 16.0 Å². The third-order valence-corrected chi connectivity index (χ3v) is 2.80. The van der Waals surface area contributed by atoms with E-state index in [0.717, 1.165) is 18.4 Å². The van der Waals surface area contributed by atoms with E-state index in [-0.39, 0.29) is 17.6 Å². The molecule has 1 atom stereocenters. The van der Waals surface area contributed by atoms with E-state index in [2.05, 4.69) is 0 Å². The highest BCUT2D eigenvalue weighted by molar-refractivity contribution is 5.72. The zero-order chi connectivity index (χ0) is 13.5. The molecule has 1 aromatic rings. The number of esters is 1. The second-order valence-electron chi connectivity index (χ2n) is 4.14. The largest absolute Gasteiger partial charge is 0.469 e. The third kappa shape index (κ3) is 3.84. The van der Waals surface area contributed by atoms with Crippen LogP contribution in [0, 0.1) is 16.0 Å². The zero-order valence-electron chi connectivity index (χ0n) is 10.6. The standard InChI is InChI=1S/C13H17NO4/c1-3-4-11(13(15)18-2)9-10-5-7-12(8-6-10)14(16)17/h5-8,11H,3-4,9H2,1-2H3. The van der Waals surface area contributed by atoms with E-state index in [4.69, 9.17) is 4.74 Å². The maximum absolute atomic E-state index is 11.6. The molecule has 0 bridgehead atoms. The molecule has 1 unspecified atom stereocenters. The van der Waals surface area contributed by atoms with Crippen molar-refractivity contribution in [2.75, 3.05) is 7.11 Å². The first-order valence-corrected chi connectivity index (χ1v) is 5.89. The lowest BCUT2D eigenvalue weighted by molar-refractivity contribution is -0.384. The van der Waals surface area contributed by atoms with Crippen molar-refractivity contribution in [3.8, 4) is 0 Å². The zero-order valence-corrected chi connectivity index (χ0v) is 10.6. The second-order valence-corrected chi connectivity index (χ2v) is 4.14. The summed E-state index contributed by atoms with van der Waals surface area (Å²) in [6, 6.07) is 6.28. The van der Waals surface area contributed by atoms with Crippen LogP contribution in [0.2, 0.25) is 0 Å². The number of carbonyl (C=O) groups is 1. The van der Waals surface area contributed by atoms with Crippen LogP contribution in [0.25, 0.3) is 0 Å². The molecule has 0 heterocycles. The van der Waals surface area contributed by atoms with Gasteiger partial charge in [-0.3, -0.25) is 14.9 Å². The maximum atomic E-state index is 11.6. The van der Waals surface area contributed by atoms with Gasteiger partial charge in [0, 0.05) is 12.1 Å². The van der Waals surface area contributed by atoms with Crippen molar-refractivity contribution in [1.29, 1.82) is 0 Å². The van der Waals surface area contributed by atoms with Crippen LogP contribution >= 0.6 is 0 Å². The molecule has 0 fully saturated rings. The topological polar surface area (TPSA) is 69.4 Å². The molecule has 1 rings (SSSR count). The summed E-state index contributed by atoms with van der Waals surface area (Å²) in [5.74, 6) is -0.406. The highest BCUT2D eigenvalue weighted by atomic mass is 16.6. The lowest BCUT2D eigenvalue weighted by atomic mass is 9.95. The van der Waals surface area contributed by atoms with Gasteiger partial charge in [0.05, 0.1) is 18.0 Å². The lowest BCUT2D eigenvalue weighted by Gasteiger charge is -2.13. The molecule has 1 aromatic carbocycles. The molecule has 0 N–H and O–H groups in total. The first kappa shape index (κ1) is 14.2. The minimum Gasteiger partial charge on any atom is -0.469 e. The van der Waals surface area contributed by atoms with E-state index in [1.54, 1.807) is 12.1 Å². The second kappa shape index (κ2) is 6.74. The van der Waals surface area contributed by atoms with Gasteiger partial charge in [-0.2, -0.15) is 0 Å². The smallest absolute Gasteiger partial charge is 0.308 e. The van der Waals surface area contributed by atoms with Gasteiger partial charge >= 0.3 is 5.97 Å². The fraction of sp³-hybridized carbons (Fsp3) is 0.462. The Morgan fingerprint density at radius 1 is 1.39 bits per heavy atom. The molecule has 5 nitrogen and oxygen atoms in total. The van der Waals surface area contributed by atoms with Crippen LogP contribution in [0.3, 0.4) is 0 Å². The molecule has 18 heavy (non-hydrogen) atoms. The molecular weight excluding hydrogens is 234 g/mol.